The topological polar surface area (TPSA) is 88.3 Å². The first-order valence-electron chi connectivity index (χ1n) is 7.29. The van der Waals surface area contributed by atoms with Crippen LogP contribution in [0.2, 0.25) is 0 Å². The molecule has 3 N–H and O–H groups in total. The SMILES string of the molecule is CC(C)C(=O)N1CCC[C@H](Nc2ncccc2C(N)=O)C1. The Morgan fingerprint density at radius 1 is 1.48 bits per heavy atom. The number of nitrogens with two attached hydrogens (primary N) is 1. The van der Waals surface area contributed by atoms with Crippen LogP contribution in [0.4, 0.5) is 5.82 Å². The van der Waals surface area contributed by atoms with Crippen molar-refractivity contribution in [1.82, 2.24) is 9.88 Å². The van der Waals surface area contributed by atoms with E-state index < -0.39 is 5.91 Å². The number of hydrogen-bond donors (Lipinski definition) is 2. The molecule has 1 aliphatic heterocycles. The summed E-state index contributed by atoms with van der Waals surface area (Å²) in [5, 5.41) is 3.25. The second-order valence-corrected chi connectivity index (χ2v) is 5.69. The van der Waals surface area contributed by atoms with Gasteiger partial charge in [-0.1, -0.05) is 13.8 Å². The van der Waals surface area contributed by atoms with Crippen molar-refractivity contribution >= 4 is 17.6 Å². The van der Waals surface area contributed by atoms with Gasteiger partial charge in [-0.15, -0.1) is 0 Å². The first-order valence-corrected chi connectivity index (χ1v) is 7.29. The van der Waals surface area contributed by atoms with E-state index in [0.29, 0.717) is 17.9 Å². The normalized spacial score (nSPS) is 18.6. The lowest BCUT2D eigenvalue weighted by Crippen LogP contribution is -2.46. The van der Waals surface area contributed by atoms with Crippen molar-refractivity contribution in [1.29, 1.82) is 0 Å². The van der Waals surface area contributed by atoms with Crippen molar-refractivity contribution in [3.05, 3.63) is 23.9 Å². The summed E-state index contributed by atoms with van der Waals surface area (Å²) in [5.74, 6) is 0.155. The molecule has 1 aromatic rings. The molecule has 0 aromatic carbocycles. The Hall–Kier alpha value is -2.11. The van der Waals surface area contributed by atoms with Gasteiger partial charge in [0.2, 0.25) is 5.91 Å². The minimum absolute atomic E-state index is 0.000203. The van der Waals surface area contributed by atoms with E-state index in [1.807, 2.05) is 18.7 Å². The first kappa shape index (κ1) is 15.3. The van der Waals surface area contributed by atoms with Crippen LogP contribution >= 0.6 is 0 Å². The highest BCUT2D eigenvalue weighted by atomic mass is 16.2. The molecule has 0 unspecified atom stereocenters. The third kappa shape index (κ3) is 3.71. The summed E-state index contributed by atoms with van der Waals surface area (Å²) in [4.78, 5) is 29.5. The van der Waals surface area contributed by atoms with E-state index in [-0.39, 0.29) is 17.9 Å². The second kappa shape index (κ2) is 6.56. The lowest BCUT2D eigenvalue weighted by atomic mass is 10.0. The van der Waals surface area contributed by atoms with Gasteiger partial charge in [0.05, 0.1) is 5.56 Å². The average molecular weight is 290 g/mol. The van der Waals surface area contributed by atoms with Crippen LogP contribution in [0.25, 0.3) is 0 Å². The van der Waals surface area contributed by atoms with E-state index in [4.69, 9.17) is 5.73 Å². The van der Waals surface area contributed by atoms with Crippen molar-refractivity contribution in [3.63, 3.8) is 0 Å². The number of piperidine rings is 1. The smallest absolute Gasteiger partial charge is 0.252 e. The fourth-order valence-corrected chi connectivity index (χ4v) is 2.57. The fourth-order valence-electron chi connectivity index (χ4n) is 2.57. The Balaban J connectivity index is 2.06. The number of nitrogens with zero attached hydrogens (tertiary/aromatic N) is 2. The zero-order valence-electron chi connectivity index (χ0n) is 12.5. The second-order valence-electron chi connectivity index (χ2n) is 5.69. The standard InChI is InChI=1S/C15H22N4O2/c1-10(2)15(21)19-8-4-5-11(9-19)18-14-12(13(16)20)6-3-7-17-14/h3,6-7,10-11H,4-5,8-9H2,1-2H3,(H2,16,20)(H,17,18)/t11-/m0/s1. The van der Waals surface area contributed by atoms with Gasteiger partial charge in [-0.05, 0) is 25.0 Å². The van der Waals surface area contributed by atoms with E-state index in [0.717, 1.165) is 19.4 Å². The molecule has 1 aromatic heterocycles. The van der Waals surface area contributed by atoms with Crippen LogP contribution in [0.15, 0.2) is 18.3 Å². The van der Waals surface area contributed by atoms with Gasteiger partial charge in [0.1, 0.15) is 5.82 Å². The molecule has 0 spiro atoms. The van der Waals surface area contributed by atoms with Crippen LogP contribution in [0.3, 0.4) is 0 Å². The van der Waals surface area contributed by atoms with Gasteiger partial charge in [0.25, 0.3) is 5.91 Å². The number of likely N-dealkylation sites (tertiary alicyclic amines) is 1. The van der Waals surface area contributed by atoms with E-state index in [1.54, 1.807) is 18.3 Å². The summed E-state index contributed by atoms with van der Waals surface area (Å²) in [6, 6.07) is 3.42. The van der Waals surface area contributed by atoms with Gasteiger partial charge in [-0.3, -0.25) is 9.59 Å². The summed E-state index contributed by atoms with van der Waals surface area (Å²) in [6.45, 7) is 5.23. The molecule has 6 nitrogen and oxygen atoms in total. The van der Waals surface area contributed by atoms with Crippen LogP contribution < -0.4 is 11.1 Å². The van der Waals surface area contributed by atoms with Crippen molar-refractivity contribution < 1.29 is 9.59 Å². The molecule has 6 heteroatoms. The van der Waals surface area contributed by atoms with Crippen molar-refractivity contribution in [2.75, 3.05) is 18.4 Å². The molecule has 2 amide bonds. The van der Waals surface area contributed by atoms with Crippen LogP contribution in [-0.4, -0.2) is 40.8 Å². The Kier molecular flexibility index (Phi) is 4.77. The third-order valence-corrected chi connectivity index (χ3v) is 3.64. The highest BCUT2D eigenvalue weighted by Gasteiger charge is 2.25. The highest BCUT2D eigenvalue weighted by molar-refractivity contribution is 5.97. The largest absolute Gasteiger partial charge is 0.365 e. The third-order valence-electron chi connectivity index (χ3n) is 3.64. The van der Waals surface area contributed by atoms with E-state index in [2.05, 4.69) is 10.3 Å². The predicted molar refractivity (Wildman–Crippen MR) is 80.8 cm³/mol. The van der Waals surface area contributed by atoms with Gasteiger partial charge in [0, 0.05) is 31.2 Å². The number of carbonyl (C=O) groups is 2. The molecule has 2 heterocycles. The predicted octanol–water partition coefficient (Wildman–Crippen LogP) is 1.24. The Morgan fingerprint density at radius 3 is 2.90 bits per heavy atom. The van der Waals surface area contributed by atoms with Crippen LogP contribution in [0, 0.1) is 5.92 Å². The molecule has 0 radical (unpaired) electrons. The van der Waals surface area contributed by atoms with Crippen LogP contribution in [0.1, 0.15) is 37.0 Å². The van der Waals surface area contributed by atoms with Crippen LogP contribution in [-0.2, 0) is 4.79 Å². The van der Waals surface area contributed by atoms with Crippen LogP contribution in [0.5, 0.6) is 0 Å². The Labute approximate surface area is 124 Å². The number of rotatable bonds is 4. The number of nitrogens with one attached hydrogen (secondary N) is 1. The number of pyridine rings is 1. The summed E-state index contributed by atoms with van der Waals surface area (Å²) in [6.07, 6.45) is 3.50. The quantitative estimate of drug-likeness (QED) is 0.873. The molecular formula is C15H22N4O2. The van der Waals surface area contributed by atoms with E-state index >= 15 is 0 Å². The van der Waals surface area contributed by atoms with Gasteiger partial charge < -0.3 is 16.0 Å². The number of hydrogen-bond acceptors (Lipinski definition) is 4. The summed E-state index contributed by atoms with van der Waals surface area (Å²) in [7, 11) is 0. The molecule has 0 aliphatic carbocycles. The molecular weight excluding hydrogens is 268 g/mol. The number of amides is 2. The van der Waals surface area contributed by atoms with Gasteiger partial charge in [0.15, 0.2) is 0 Å². The fraction of sp³-hybridized carbons (Fsp3) is 0.533. The minimum atomic E-state index is -0.503. The molecule has 0 bridgehead atoms. The summed E-state index contributed by atoms with van der Waals surface area (Å²) in [5.41, 5.74) is 5.73. The first-order chi connectivity index (χ1) is 9.99. The molecule has 1 fully saturated rings. The molecule has 1 aliphatic rings. The zero-order valence-corrected chi connectivity index (χ0v) is 12.5. The monoisotopic (exact) mass is 290 g/mol. The van der Waals surface area contributed by atoms with Crippen molar-refractivity contribution in [2.24, 2.45) is 11.7 Å². The van der Waals surface area contributed by atoms with Crippen molar-refractivity contribution in [3.8, 4) is 0 Å². The Morgan fingerprint density at radius 2 is 2.24 bits per heavy atom. The maximum Gasteiger partial charge on any atom is 0.252 e. The van der Waals surface area contributed by atoms with Gasteiger partial charge in [-0.2, -0.15) is 0 Å². The Bertz CT molecular complexity index is 530. The maximum absolute atomic E-state index is 12.1. The molecule has 2 rings (SSSR count). The number of aromatic nitrogens is 1. The molecule has 0 saturated carbocycles. The summed E-state index contributed by atoms with van der Waals surface area (Å²) < 4.78 is 0. The molecule has 114 valence electrons. The maximum atomic E-state index is 12.1. The number of carbonyl (C=O) groups excluding carboxylic acids is 2. The highest BCUT2D eigenvalue weighted by Crippen LogP contribution is 2.18. The number of primary amides is 1. The molecule has 1 atom stereocenters. The lowest BCUT2D eigenvalue weighted by molar-refractivity contribution is -0.135. The lowest BCUT2D eigenvalue weighted by Gasteiger charge is -2.34. The van der Waals surface area contributed by atoms with Crippen molar-refractivity contribution in [2.45, 2.75) is 32.7 Å². The number of anilines is 1. The minimum Gasteiger partial charge on any atom is -0.365 e. The molecule has 1 saturated heterocycles. The average Bonchev–Trinajstić information content (AvgIpc) is 2.47. The van der Waals surface area contributed by atoms with Gasteiger partial charge >= 0.3 is 0 Å². The summed E-state index contributed by atoms with van der Waals surface area (Å²) >= 11 is 0. The van der Waals surface area contributed by atoms with E-state index in [9.17, 15) is 9.59 Å². The molecule has 21 heavy (non-hydrogen) atoms. The zero-order chi connectivity index (χ0) is 15.4. The van der Waals surface area contributed by atoms with Gasteiger partial charge in [-0.25, -0.2) is 4.98 Å². The van der Waals surface area contributed by atoms with E-state index in [1.165, 1.54) is 0 Å².